The first kappa shape index (κ1) is 13.8. The maximum absolute atomic E-state index is 8.97. The first-order valence-electron chi connectivity index (χ1n) is 4.79. The van der Waals surface area contributed by atoms with Gasteiger partial charge in [-0.15, -0.1) is 0 Å². The van der Waals surface area contributed by atoms with Crippen LogP contribution >= 0.6 is 0 Å². The average Bonchev–Trinajstić information content (AvgIpc) is 2.19. The maximum atomic E-state index is 8.97. The lowest BCUT2D eigenvalue weighted by atomic mass is 9.85. The largest absolute Gasteiger partial charge is 0.396 e. The Bertz CT molecular complexity index is 125. The van der Waals surface area contributed by atoms with E-state index in [9.17, 15) is 0 Å². The molecule has 0 aliphatic carbocycles. The van der Waals surface area contributed by atoms with Crippen molar-refractivity contribution in [3.8, 4) is 0 Å². The van der Waals surface area contributed by atoms with E-state index in [0.717, 1.165) is 0 Å². The van der Waals surface area contributed by atoms with Gasteiger partial charge in [0, 0.05) is 5.41 Å². The molecule has 0 amide bonds. The summed E-state index contributed by atoms with van der Waals surface area (Å²) in [5, 5.41) is 44.0. The van der Waals surface area contributed by atoms with E-state index in [1.54, 1.807) is 0 Å². The van der Waals surface area contributed by atoms with Crippen molar-refractivity contribution in [3.63, 3.8) is 0 Å². The van der Waals surface area contributed by atoms with Gasteiger partial charge >= 0.3 is 0 Å². The Hall–Kier alpha value is -0.200. The molecule has 5 heteroatoms. The van der Waals surface area contributed by atoms with Crippen molar-refractivity contribution in [2.24, 2.45) is 5.41 Å². The summed E-state index contributed by atoms with van der Waals surface area (Å²) in [6.07, 6.45) is 0.683. The third-order valence-corrected chi connectivity index (χ3v) is 2.43. The van der Waals surface area contributed by atoms with E-state index < -0.39 is 11.7 Å². The minimum atomic E-state index is -1.30. The van der Waals surface area contributed by atoms with Crippen LogP contribution in [-0.4, -0.2) is 51.6 Å². The third-order valence-electron chi connectivity index (χ3n) is 2.43. The molecule has 0 saturated carbocycles. The summed E-state index contributed by atoms with van der Waals surface area (Å²) in [6.45, 7) is -0.787. The number of aliphatic hydroxyl groups excluding tert-OH is 4. The molecule has 0 aromatic carbocycles. The van der Waals surface area contributed by atoms with Gasteiger partial charge in [0.1, 0.15) is 0 Å². The molecule has 5 nitrogen and oxygen atoms in total. The van der Waals surface area contributed by atoms with Crippen LogP contribution in [0, 0.1) is 5.41 Å². The van der Waals surface area contributed by atoms with Gasteiger partial charge in [-0.05, 0) is 19.3 Å². The fourth-order valence-corrected chi connectivity index (χ4v) is 1.21. The first-order valence-corrected chi connectivity index (χ1v) is 4.79. The SMILES string of the molecule is OCC(CO)(CO)CCCCC(O)O. The number of unbranched alkanes of at least 4 members (excludes halogenated alkanes) is 1. The smallest absolute Gasteiger partial charge is 0.151 e. The van der Waals surface area contributed by atoms with Gasteiger partial charge in [-0.2, -0.15) is 0 Å². The van der Waals surface area contributed by atoms with Gasteiger partial charge in [-0.3, -0.25) is 0 Å². The van der Waals surface area contributed by atoms with Crippen LogP contribution in [0.25, 0.3) is 0 Å². The van der Waals surface area contributed by atoms with Gasteiger partial charge < -0.3 is 25.5 Å². The second-order valence-corrected chi connectivity index (χ2v) is 3.70. The molecule has 5 N–H and O–H groups in total. The predicted octanol–water partition coefficient (Wildman–Crippen LogP) is -1.18. The number of hydrogen-bond acceptors (Lipinski definition) is 5. The van der Waals surface area contributed by atoms with Crippen LogP contribution in [0.1, 0.15) is 25.7 Å². The van der Waals surface area contributed by atoms with E-state index in [1.165, 1.54) is 0 Å². The van der Waals surface area contributed by atoms with E-state index >= 15 is 0 Å². The number of rotatable bonds is 8. The predicted molar refractivity (Wildman–Crippen MR) is 50.4 cm³/mol. The molecule has 0 radical (unpaired) electrons. The van der Waals surface area contributed by atoms with E-state index in [0.29, 0.717) is 19.3 Å². The van der Waals surface area contributed by atoms with Gasteiger partial charge in [0.2, 0.25) is 0 Å². The van der Waals surface area contributed by atoms with Crippen LogP contribution in [0.2, 0.25) is 0 Å². The van der Waals surface area contributed by atoms with E-state index in [1.807, 2.05) is 0 Å². The van der Waals surface area contributed by atoms with Crippen molar-refractivity contribution in [1.29, 1.82) is 0 Å². The number of hydrogen-bond donors (Lipinski definition) is 5. The molecule has 0 heterocycles. The standard InChI is InChI=1S/C9H20O5/c10-5-9(6-11,7-12)4-2-1-3-8(13)14/h8,10-14H,1-7H2. The van der Waals surface area contributed by atoms with Crippen LogP contribution in [0.4, 0.5) is 0 Å². The summed E-state index contributed by atoms with van der Waals surface area (Å²) in [7, 11) is 0. The number of aliphatic hydroxyl groups is 5. The highest BCUT2D eigenvalue weighted by atomic mass is 16.5. The van der Waals surface area contributed by atoms with Gasteiger partial charge in [0.15, 0.2) is 6.29 Å². The normalized spacial score (nSPS) is 12.4. The van der Waals surface area contributed by atoms with Gasteiger partial charge in [0.05, 0.1) is 19.8 Å². The Labute approximate surface area is 83.6 Å². The molecule has 0 aromatic heterocycles. The van der Waals surface area contributed by atoms with Gasteiger partial charge in [0.25, 0.3) is 0 Å². The first-order chi connectivity index (χ1) is 6.60. The summed E-state index contributed by atoms with van der Waals surface area (Å²) in [5.74, 6) is 0. The molecular formula is C9H20O5. The Balaban J connectivity index is 3.71. The molecular weight excluding hydrogens is 188 g/mol. The molecule has 0 aliphatic rings. The summed E-state index contributed by atoms with van der Waals surface area (Å²) in [4.78, 5) is 0. The monoisotopic (exact) mass is 208 g/mol. The van der Waals surface area contributed by atoms with Gasteiger partial charge in [-0.25, -0.2) is 0 Å². The minimum absolute atomic E-state index is 0.262. The molecule has 0 aliphatic heterocycles. The van der Waals surface area contributed by atoms with E-state index in [4.69, 9.17) is 25.5 Å². The van der Waals surface area contributed by atoms with Crippen molar-refractivity contribution >= 4 is 0 Å². The highest BCUT2D eigenvalue weighted by Crippen LogP contribution is 2.23. The van der Waals surface area contributed by atoms with Crippen molar-refractivity contribution in [2.75, 3.05) is 19.8 Å². The molecule has 0 fully saturated rings. The fraction of sp³-hybridized carbons (Fsp3) is 1.00. The van der Waals surface area contributed by atoms with Crippen LogP contribution in [0.3, 0.4) is 0 Å². The van der Waals surface area contributed by atoms with E-state index in [2.05, 4.69) is 0 Å². The summed E-state index contributed by atoms with van der Waals surface area (Å²) >= 11 is 0. The summed E-state index contributed by atoms with van der Waals surface area (Å²) < 4.78 is 0. The van der Waals surface area contributed by atoms with Crippen LogP contribution in [-0.2, 0) is 0 Å². The Morgan fingerprint density at radius 1 is 0.857 bits per heavy atom. The minimum Gasteiger partial charge on any atom is -0.396 e. The highest BCUT2D eigenvalue weighted by molar-refractivity contribution is 4.76. The van der Waals surface area contributed by atoms with Gasteiger partial charge in [-0.1, -0.05) is 6.42 Å². The lowest BCUT2D eigenvalue weighted by molar-refractivity contribution is -0.0484. The summed E-state index contributed by atoms with van der Waals surface area (Å²) in [5.41, 5.74) is -0.833. The van der Waals surface area contributed by atoms with Crippen molar-refractivity contribution < 1.29 is 25.5 Å². The Morgan fingerprint density at radius 2 is 1.36 bits per heavy atom. The molecule has 0 atom stereocenters. The molecule has 0 aromatic rings. The zero-order chi connectivity index (χ0) is 11.0. The fourth-order valence-electron chi connectivity index (χ4n) is 1.21. The second kappa shape index (κ2) is 7.14. The Morgan fingerprint density at radius 3 is 1.71 bits per heavy atom. The zero-order valence-electron chi connectivity index (χ0n) is 8.26. The quantitative estimate of drug-likeness (QED) is 0.255. The molecule has 0 rings (SSSR count). The highest BCUT2D eigenvalue weighted by Gasteiger charge is 2.27. The molecule has 0 bridgehead atoms. The average molecular weight is 208 g/mol. The van der Waals surface area contributed by atoms with Crippen molar-refractivity contribution in [3.05, 3.63) is 0 Å². The van der Waals surface area contributed by atoms with Crippen molar-refractivity contribution in [1.82, 2.24) is 0 Å². The molecule has 86 valence electrons. The van der Waals surface area contributed by atoms with E-state index in [-0.39, 0.29) is 26.2 Å². The Kier molecular flexibility index (Phi) is 7.04. The second-order valence-electron chi connectivity index (χ2n) is 3.70. The molecule has 0 unspecified atom stereocenters. The molecule has 0 saturated heterocycles. The zero-order valence-corrected chi connectivity index (χ0v) is 8.26. The third kappa shape index (κ3) is 4.88. The summed E-state index contributed by atoms with van der Waals surface area (Å²) in [6, 6.07) is 0. The topological polar surface area (TPSA) is 101 Å². The lowest BCUT2D eigenvalue weighted by Gasteiger charge is -2.27. The van der Waals surface area contributed by atoms with Crippen LogP contribution in [0.5, 0.6) is 0 Å². The molecule has 14 heavy (non-hydrogen) atoms. The van der Waals surface area contributed by atoms with Crippen LogP contribution < -0.4 is 0 Å². The molecule has 0 spiro atoms. The lowest BCUT2D eigenvalue weighted by Crippen LogP contribution is -2.33. The maximum Gasteiger partial charge on any atom is 0.151 e. The van der Waals surface area contributed by atoms with Crippen LogP contribution in [0.15, 0.2) is 0 Å². The van der Waals surface area contributed by atoms with Crippen molar-refractivity contribution in [2.45, 2.75) is 32.0 Å².